The molecule has 2 rings (SSSR count). The first-order valence-corrected chi connectivity index (χ1v) is 6.54. The predicted octanol–water partition coefficient (Wildman–Crippen LogP) is 3.87. The van der Waals surface area contributed by atoms with Crippen LogP contribution in [0.5, 0.6) is 0 Å². The summed E-state index contributed by atoms with van der Waals surface area (Å²) in [5.41, 5.74) is 5.79. The van der Waals surface area contributed by atoms with Gasteiger partial charge in [-0.05, 0) is 48.2 Å². The van der Waals surface area contributed by atoms with Crippen LogP contribution in [0.25, 0.3) is 0 Å². The van der Waals surface area contributed by atoms with Crippen molar-refractivity contribution in [2.45, 2.75) is 26.1 Å². The topological polar surface area (TPSA) is 38.0 Å². The van der Waals surface area contributed by atoms with Crippen LogP contribution in [-0.4, -0.2) is 0 Å². The van der Waals surface area contributed by atoms with Gasteiger partial charge in [0.1, 0.15) is 0 Å². The number of aryl methyl sites for hydroxylation is 2. The second kappa shape index (κ2) is 5.87. The minimum Gasteiger partial charge on any atom is -0.271 e. The summed E-state index contributed by atoms with van der Waals surface area (Å²) in [5, 5.41) is 0. The first-order valence-electron chi connectivity index (χ1n) is 6.54. The number of halogens is 3. The molecule has 2 nitrogen and oxygen atoms in total. The van der Waals surface area contributed by atoms with Gasteiger partial charge in [-0.2, -0.15) is 13.2 Å². The van der Waals surface area contributed by atoms with E-state index in [9.17, 15) is 13.2 Å². The lowest BCUT2D eigenvalue weighted by molar-refractivity contribution is -0.137. The Morgan fingerprint density at radius 2 is 1.48 bits per heavy atom. The minimum atomic E-state index is -4.33. The lowest BCUT2D eigenvalue weighted by Gasteiger charge is -2.21. The largest absolute Gasteiger partial charge is 0.416 e. The summed E-state index contributed by atoms with van der Waals surface area (Å²) in [4.78, 5) is 0. The molecule has 0 aliphatic heterocycles. The zero-order valence-corrected chi connectivity index (χ0v) is 11.8. The molecule has 1 unspecified atom stereocenters. The molecule has 21 heavy (non-hydrogen) atoms. The van der Waals surface area contributed by atoms with Gasteiger partial charge in [-0.25, -0.2) is 5.43 Å². The van der Waals surface area contributed by atoms with Crippen LogP contribution in [0.4, 0.5) is 13.2 Å². The van der Waals surface area contributed by atoms with Crippen molar-refractivity contribution in [1.82, 2.24) is 5.43 Å². The zero-order chi connectivity index (χ0) is 15.6. The molecule has 0 saturated carbocycles. The number of nitrogens with one attached hydrogen (secondary N) is 1. The van der Waals surface area contributed by atoms with Gasteiger partial charge >= 0.3 is 6.18 Å². The van der Waals surface area contributed by atoms with E-state index in [1.807, 2.05) is 32.0 Å². The Bertz CT molecular complexity index is 598. The highest BCUT2D eigenvalue weighted by atomic mass is 19.4. The molecule has 2 aromatic rings. The first-order chi connectivity index (χ1) is 9.84. The van der Waals surface area contributed by atoms with Crippen LogP contribution in [0.2, 0.25) is 0 Å². The maximum absolute atomic E-state index is 12.6. The molecule has 0 aliphatic carbocycles. The molecule has 0 saturated heterocycles. The Balaban J connectivity index is 2.43. The van der Waals surface area contributed by atoms with Crippen molar-refractivity contribution in [1.29, 1.82) is 0 Å². The summed E-state index contributed by atoms with van der Waals surface area (Å²) >= 11 is 0. The van der Waals surface area contributed by atoms with Crippen LogP contribution >= 0.6 is 0 Å². The van der Waals surface area contributed by atoms with Gasteiger partial charge in [-0.3, -0.25) is 5.84 Å². The average Bonchev–Trinajstić information content (AvgIpc) is 2.42. The summed E-state index contributed by atoms with van der Waals surface area (Å²) in [6.07, 6.45) is -4.33. The Labute approximate surface area is 121 Å². The third-order valence-electron chi connectivity index (χ3n) is 3.57. The standard InChI is InChI=1S/C16H17F3N2/c1-10-4-3-5-11(2)14(10)15(21-20)12-6-8-13(9-7-12)16(17,18)19/h3-9,15,21H,20H2,1-2H3. The van der Waals surface area contributed by atoms with E-state index in [2.05, 4.69) is 5.43 Å². The maximum Gasteiger partial charge on any atom is 0.416 e. The molecule has 0 fully saturated rings. The van der Waals surface area contributed by atoms with Crippen molar-refractivity contribution in [3.8, 4) is 0 Å². The van der Waals surface area contributed by atoms with Crippen LogP contribution in [0.1, 0.15) is 33.9 Å². The summed E-state index contributed by atoms with van der Waals surface area (Å²) in [6.45, 7) is 3.91. The van der Waals surface area contributed by atoms with Crippen molar-refractivity contribution in [2.75, 3.05) is 0 Å². The van der Waals surface area contributed by atoms with Gasteiger partial charge in [-0.1, -0.05) is 30.3 Å². The van der Waals surface area contributed by atoms with Crippen molar-refractivity contribution in [3.05, 3.63) is 70.3 Å². The molecular weight excluding hydrogens is 277 g/mol. The van der Waals surface area contributed by atoms with E-state index in [1.54, 1.807) is 0 Å². The van der Waals surface area contributed by atoms with Crippen molar-refractivity contribution in [3.63, 3.8) is 0 Å². The van der Waals surface area contributed by atoms with Crippen LogP contribution in [0.3, 0.4) is 0 Å². The van der Waals surface area contributed by atoms with Gasteiger partial charge in [0.25, 0.3) is 0 Å². The lowest BCUT2D eigenvalue weighted by atomic mass is 9.91. The molecular formula is C16H17F3N2. The number of hydrazine groups is 1. The number of rotatable bonds is 3. The van der Waals surface area contributed by atoms with E-state index in [0.717, 1.165) is 28.8 Å². The second-order valence-corrected chi connectivity index (χ2v) is 5.02. The molecule has 0 bridgehead atoms. The maximum atomic E-state index is 12.6. The minimum absolute atomic E-state index is 0.339. The number of hydrogen-bond acceptors (Lipinski definition) is 2. The lowest BCUT2D eigenvalue weighted by Crippen LogP contribution is -2.30. The molecule has 1 atom stereocenters. The summed E-state index contributed by atoms with van der Waals surface area (Å²) in [6, 6.07) is 10.6. The van der Waals surface area contributed by atoms with Crippen LogP contribution in [0, 0.1) is 13.8 Å². The van der Waals surface area contributed by atoms with E-state index in [1.165, 1.54) is 12.1 Å². The number of alkyl halides is 3. The van der Waals surface area contributed by atoms with Gasteiger partial charge in [-0.15, -0.1) is 0 Å². The molecule has 0 spiro atoms. The Morgan fingerprint density at radius 1 is 0.952 bits per heavy atom. The Morgan fingerprint density at radius 3 is 1.90 bits per heavy atom. The monoisotopic (exact) mass is 294 g/mol. The normalized spacial score (nSPS) is 13.2. The van der Waals surface area contributed by atoms with Crippen LogP contribution < -0.4 is 11.3 Å². The van der Waals surface area contributed by atoms with Gasteiger partial charge < -0.3 is 0 Å². The molecule has 2 aromatic carbocycles. The van der Waals surface area contributed by atoms with Gasteiger partial charge in [0.05, 0.1) is 11.6 Å². The SMILES string of the molecule is Cc1cccc(C)c1C(NN)c1ccc(C(F)(F)F)cc1. The predicted molar refractivity (Wildman–Crippen MR) is 76.5 cm³/mol. The second-order valence-electron chi connectivity index (χ2n) is 5.02. The highest BCUT2D eigenvalue weighted by Gasteiger charge is 2.30. The number of benzene rings is 2. The molecule has 0 aliphatic rings. The molecule has 0 radical (unpaired) electrons. The van der Waals surface area contributed by atoms with E-state index in [4.69, 9.17) is 5.84 Å². The van der Waals surface area contributed by atoms with Crippen LogP contribution in [-0.2, 0) is 6.18 Å². The van der Waals surface area contributed by atoms with Gasteiger partial charge in [0.15, 0.2) is 0 Å². The highest BCUT2D eigenvalue weighted by Crippen LogP contribution is 2.32. The Hall–Kier alpha value is -1.85. The van der Waals surface area contributed by atoms with Crippen molar-refractivity contribution < 1.29 is 13.2 Å². The molecule has 112 valence electrons. The third kappa shape index (κ3) is 3.25. The number of hydrogen-bond donors (Lipinski definition) is 2. The fourth-order valence-corrected chi connectivity index (χ4v) is 2.49. The first kappa shape index (κ1) is 15.5. The molecule has 0 heterocycles. The molecule has 3 N–H and O–H groups in total. The van der Waals surface area contributed by atoms with Crippen molar-refractivity contribution >= 4 is 0 Å². The van der Waals surface area contributed by atoms with E-state index >= 15 is 0 Å². The van der Waals surface area contributed by atoms with Crippen LogP contribution in [0.15, 0.2) is 42.5 Å². The molecule has 0 amide bonds. The fraction of sp³-hybridized carbons (Fsp3) is 0.250. The summed E-state index contributed by atoms with van der Waals surface area (Å²) in [5.74, 6) is 5.63. The molecule has 0 aromatic heterocycles. The quantitative estimate of drug-likeness (QED) is 0.666. The third-order valence-corrected chi connectivity index (χ3v) is 3.57. The zero-order valence-electron chi connectivity index (χ0n) is 11.8. The Kier molecular flexibility index (Phi) is 4.34. The fourth-order valence-electron chi connectivity index (χ4n) is 2.49. The number of nitrogens with two attached hydrogens (primary N) is 1. The smallest absolute Gasteiger partial charge is 0.271 e. The van der Waals surface area contributed by atoms with E-state index in [0.29, 0.717) is 5.56 Å². The van der Waals surface area contributed by atoms with Gasteiger partial charge in [0, 0.05) is 0 Å². The van der Waals surface area contributed by atoms with E-state index < -0.39 is 11.7 Å². The molecule has 5 heteroatoms. The van der Waals surface area contributed by atoms with Crippen molar-refractivity contribution in [2.24, 2.45) is 5.84 Å². The van der Waals surface area contributed by atoms with Gasteiger partial charge in [0.2, 0.25) is 0 Å². The average molecular weight is 294 g/mol. The summed E-state index contributed by atoms with van der Waals surface area (Å²) < 4.78 is 37.8. The van der Waals surface area contributed by atoms with E-state index in [-0.39, 0.29) is 6.04 Å². The summed E-state index contributed by atoms with van der Waals surface area (Å²) in [7, 11) is 0. The highest BCUT2D eigenvalue weighted by molar-refractivity contribution is 5.42.